The standard InChI is InChI=1S/C17H11N.Pt/c1-3-7-14-12(5-1)9-10-17-15(14)11-13-6-2-4-8-16(13)18-17;/h1-11H;. The van der Waals surface area contributed by atoms with Gasteiger partial charge < -0.3 is 0 Å². The van der Waals surface area contributed by atoms with E-state index in [1.54, 1.807) is 0 Å². The van der Waals surface area contributed by atoms with E-state index in [9.17, 15) is 0 Å². The molecule has 0 aliphatic carbocycles. The molecule has 1 nitrogen and oxygen atoms in total. The van der Waals surface area contributed by atoms with E-state index in [-0.39, 0.29) is 21.1 Å². The second-order valence-corrected chi connectivity index (χ2v) is 4.53. The molecule has 0 atom stereocenters. The second-order valence-electron chi connectivity index (χ2n) is 4.53. The van der Waals surface area contributed by atoms with Crippen LogP contribution in [-0.4, -0.2) is 4.98 Å². The summed E-state index contributed by atoms with van der Waals surface area (Å²) in [4.78, 5) is 4.73. The number of rotatable bonds is 0. The Kier molecular flexibility index (Phi) is 3.08. The molecule has 0 bridgehead atoms. The summed E-state index contributed by atoms with van der Waals surface area (Å²) < 4.78 is 0. The average molecular weight is 424 g/mol. The Balaban J connectivity index is 0.00000110. The van der Waals surface area contributed by atoms with E-state index in [2.05, 4.69) is 60.7 Å². The summed E-state index contributed by atoms with van der Waals surface area (Å²) in [6.07, 6.45) is 0. The summed E-state index contributed by atoms with van der Waals surface area (Å²) in [5.74, 6) is 0. The fraction of sp³-hybridized carbons (Fsp3) is 0. The van der Waals surface area contributed by atoms with Crippen molar-refractivity contribution in [3.8, 4) is 0 Å². The van der Waals surface area contributed by atoms with Gasteiger partial charge in [-0.15, -0.1) is 0 Å². The molecule has 0 amide bonds. The zero-order valence-electron chi connectivity index (χ0n) is 10.1. The molecule has 0 N–H and O–H groups in total. The van der Waals surface area contributed by atoms with E-state index < -0.39 is 0 Å². The van der Waals surface area contributed by atoms with E-state index >= 15 is 0 Å². The maximum Gasteiger partial charge on any atom is 0.0716 e. The van der Waals surface area contributed by atoms with Gasteiger partial charge in [0.1, 0.15) is 0 Å². The summed E-state index contributed by atoms with van der Waals surface area (Å²) >= 11 is 0. The van der Waals surface area contributed by atoms with Crippen molar-refractivity contribution in [3.05, 3.63) is 66.7 Å². The van der Waals surface area contributed by atoms with E-state index in [1.165, 1.54) is 21.5 Å². The number of hydrogen-bond acceptors (Lipinski definition) is 1. The van der Waals surface area contributed by atoms with Crippen molar-refractivity contribution in [2.24, 2.45) is 0 Å². The van der Waals surface area contributed by atoms with Crippen molar-refractivity contribution in [1.82, 2.24) is 4.98 Å². The minimum absolute atomic E-state index is 0. The molecule has 0 fully saturated rings. The van der Waals surface area contributed by atoms with Crippen molar-refractivity contribution in [3.63, 3.8) is 0 Å². The molecule has 0 saturated heterocycles. The van der Waals surface area contributed by atoms with E-state index in [0.29, 0.717) is 0 Å². The second kappa shape index (κ2) is 4.75. The van der Waals surface area contributed by atoms with Crippen LogP contribution in [0.15, 0.2) is 66.7 Å². The van der Waals surface area contributed by atoms with Gasteiger partial charge in [-0.25, -0.2) is 4.98 Å². The van der Waals surface area contributed by atoms with Gasteiger partial charge in [0.15, 0.2) is 0 Å². The molecule has 1 heterocycles. The number of nitrogens with zero attached hydrogens (tertiary/aromatic N) is 1. The van der Waals surface area contributed by atoms with Crippen molar-refractivity contribution in [2.45, 2.75) is 0 Å². The molecule has 3 aromatic carbocycles. The normalized spacial score (nSPS) is 10.7. The van der Waals surface area contributed by atoms with Crippen molar-refractivity contribution < 1.29 is 21.1 Å². The number of hydrogen-bond donors (Lipinski definition) is 0. The molecular formula is C17H11NPt. The fourth-order valence-corrected chi connectivity index (χ4v) is 2.53. The van der Waals surface area contributed by atoms with E-state index in [1.807, 2.05) is 6.07 Å². The number of aromatic nitrogens is 1. The van der Waals surface area contributed by atoms with Crippen LogP contribution in [0.2, 0.25) is 0 Å². The van der Waals surface area contributed by atoms with Crippen LogP contribution in [0.25, 0.3) is 32.6 Å². The van der Waals surface area contributed by atoms with E-state index in [0.717, 1.165) is 11.0 Å². The molecular weight excluding hydrogens is 413 g/mol. The van der Waals surface area contributed by atoms with Gasteiger partial charge in [-0.3, -0.25) is 0 Å². The van der Waals surface area contributed by atoms with Crippen LogP contribution in [-0.2, 0) is 21.1 Å². The molecule has 0 aliphatic rings. The first kappa shape index (κ1) is 12.3. The van der Waals surface area contributed by atoms with Crippen LogP contribution in [0.3, 0.4) is 0 Å². The molecule has 4 rings (SSSR count). The van der Waals surface area contributed by atoms with Gasteiger partial charge in [0.25, 0.3) is 0 Å². The Morgan fingerprint density at radius 1 is 0.579 bits per heavy atom. The maximum atomic E-state index is 4.73. The summed E-state index contributed by atoms with van der Waals surface area (Å²) in [7, 11) is 0. The predicted octanol–water partition coefficient (Wildman–Crippen LogP) is 4.54. The monoisotopic (exact) mass is 424 g/mol. The Hall–Kier alpha value is -1.72. The van der Waals surface area contributed by atoms with Crippen molar-refractivity contribution in [2.75, 3.05) is 0 Å². The topological polar surface area (TPSA) is 12.9 Å². The molecule has 19 heavy (non-hydrogen) atoms. The quantitative estimate of drug-likeness (QED) is 0.298. The molecule has 94 valence electrons. The molecule has 4 aromatic rings. The average Bonchev–Trinajstić information content (AvgIpc) is 2.45. The first-order valence-electron chi connectivity index (χ1n) is 6.09. The molecule has 0 saturated carbocycles. The summed E-state index contributed by atoms with van der Waals surface area (Å²) in [6, 6.07) is 23.2. The molecule has 2 heteroatoms. The number of para-hydroxylation sites is 1. The Morgan fingerprint density at radius 3 is 2.21 bits per heavy atom. The van der Waals surface area contributed by atoms with Gasteiger partial charge in [0.2, 0.25) is 0 Å². The van der Waals surface area contributed by atoms with Crippen molar-refractivity contribution in [1.29, 1.82) is 0 Å². The Morgan fingerprint density at radius 2 is 1.32 bits per heavy atom. The minimum Gasteiger partial charge on any atom is -0.248 e. The first-order valence-corrected chi connectivity index (χ1v) is 6.09. The summed E-state index contributed by atoms with van der Waals surface area (Å²) in [6.45, 7) is 0. The number of benzene rings is 3. The third kappa shape index (κ3) is 1.95. The van der Waals surface area contributed by atoms with Crippen LogP contribution in [0.1, 0.15) is 0 Å². The van der Waals surface area contributed by atoms with Crippen LogP contribution in [0, 0.1) is 0 Å². The van der Waals surface area contributed by atoms with Gasteiger partial charge >= 0.3 is 0 Å². The minimum atomic E-state index is 0. The Labute approximate surface area is 125 Å². The number of pyridine rings is 1. The number of fused-ring (bicyclic) bond motifs is 4. The molecule has 0 spiro atoms. The molecule has 1 aromatic heterocycles. The summed E-state index contributed by atoms with van der Waals surface area (Å²) in [5.41, 5.74) is 2.12. The van der Waals surface area contributed by atoms with Gasteiger partial charge in [-0.2, -0.15) is 0 Å². The molecule has 0 radical (unpaired) electrons. The zero-order chi connectivity index (χ0) is 11.9. The van der Waals surface area contributed by atoms with Gasteiger partial charge in [0.05, 0.1) is 11.0 Å². The molecule has 0 unspecified atom stereocenters. The SMILES string of the molecule is [Pt].c1ccc2nc3ccc4ccccc4c3cc2c1. The van der Waals surface area contributed by atoms with Gasteiger partial charge in [-0.1, -0.05) is 48.5 Å². The first-order chi connectivity index (χ1) is 8.92. The van der Waals surface area contributed by atoms with Crippen LogP contribution in [0.5, 0.6) is 0 Å². The maximum absolute atomic E-state index is 4.73. The molecule has 0 aliphatic heterocycles. The largest absolute Gasteiger partial charge is 0.248 e. The van der Waals surface area contributed by atoms with Crippen LogP contribution < -0.4 is 0 Å². The predicted molar refractivity (Wildman–Crippen MR) is 76.8 cm³/mol. The zero-order valence-corrected chi connectivity index (χ0v) is 12.4. The third-order valence-electron chi connectivity index (χ3n) is 3.43. The Bertz CT molecular complexity index is 877. The van der Waals surface area contributed by atoms with E-state index in [4.69, 9.17) is 4.98 Å². The van der Waals surface area contributed by atoms with Gasteiger partial charge in [-0.05, 0) is 29.0 Å². The fourth-order valence-electron chi connectivity index (χ4n) is 2.53. The smallest absolute Gasteiger partial charge is 0.0716 e. The summed E-state index contributed by atoms with van der Waals surface area (Å²) in [5, 5.41) is 4.96. The third-order valence-corrected chi connectivity index (χ3v) is 3.43. The van der Waals surface area contributed by atoms with Crippen LogP contribution in [0.4, 0.5) is 0 Å². The van der Waals surface area contributed by atoms with Gasteiger partial charge in [0, 0.05) is 31.8 Å². The van der Waals surface area contributed by atoms with Crippen LogP contribution >= 0.6 is 0 Å². The van der Waals surface area contributed by atoms with Crippen molar-refractivity contribution >= 4 is 32.6 Å².